The summed E-state index contributed by atoms with van der Waals surface area (Å²) in [5.74, 6) is -1.58. The van der Waals surface area contributed by atoms with Crippen molar-refractivity contribution in [3.05, 3.63) is 76.4 Å². The van der Waals surface area contributed by atoms with Crippen molar-refractivity contribution in [2.24, 2.45) is 0 Å². The van der Waals surface area contributed by atoms with Gasteiger partial charge in [-0.15, -0.1) is 0 Å². The third-order valence-electron chi connectivity index (χ3n) is 5.68. The molecule has 3 aromatic rings. The number of aromatic nitrogens is 2. The van der Waals surface area contributed by atoms with Crippen LogP contribution in [0.2, 0.25) is 0 Å². The third kappa shape index (κ3) is 6.31. The Morgan fingerprint density at radius 3 is 2.61 bits per heavy atom. The molecule has 0 atom stereocenters. The Bertz CT molecular complexity index is 1360. The second kappa shape index (κ2) is 10.4. The van der Waals surface area contributed by atoms with Crippen LogP contribution in [0.1, 0.15) is 53.6 Å². The molecule has 0 saturated heterocycles. The molecular formula is C26H27F4N5O3. The standard InChI is InChI=1S/C26H27F4N5O3/c1-25(2,3)38-24(37)32-13-15-5-4-6-17(11-15)35-20(12-21(34-35)26(28,29)30)23(36)33-19-8-7-16-14-31-10-9-18(16)22(19)27/h4-8,11-12,31H,9-10,13-14H2,1-3H3,(H,32,37)(H,33,36). The highest BCUT2D eigenvalue weighted by Gasteiger charge is 2.36. The van der Waals surface area contributed by atoms with Crippen molar-refractivity contribution < 1.29 is 31.9 Å². The molecule has 0 saturated carbocycles. The zero-order chi connectivity index (χ0) is 27.7. The van der Waals surface area contributed by atoms with Crippen molar-refractivity contribution in [3.63, 3.8) is 0 Å². The normalized spacial score (nSPS) is 13.6. The van der Waals surface area contributed by atoms with Gasteiger partial charge in [0.2, 0.25) is 0 Å². The van der Waals surface area contributed by atoms with Gasteiger partial charge in [0.15, 0.2) is 5.69 Å². The van der Waals surface area contributed by atoms with Crippen LogP contribution in [0, 0.1) is 5.82 Å². The number of alkyl carbamates (subject to hydrolysis) is 1. The van der Waals surface area contributed by atoms with Gasteiger partial charge in [-0.1, -0.05) is 18.2 Å². The van der Waals surface area contributed by atoms with Crippen molar-refractivity contribution in [1.82, 2.24) is 20.4 Å². The molecule has 0 unspecified atom stereocenters. The van der Waals surface area contributed by atoms with Crippen LogP contribution in [0.3, 0.4) is 0 Å². The highest BCUT2D eigenvalue weighted by Crippen LogP contribution is 2.31. The molecule has 2 aromatic carbocycles. The molecule has 2 amide bonds. The summed E-state index contributed by atoms with van der Waals surface area (Å²) in [7, 11) is 0. The first-order chi connectivity index (χ1) is 17.8. The summed E-state index contributed by atoms with van der Waals surface area (Å²) >= 11 is 0. The number of alkyl halides is 3. The molecule has 4 rings (SSSR count). The first-order valence-corrected chi connectivity index (χ1v) is 11.9. The minimum absolute atomic E-state index is 0.0207. The number of carbonyl (C=O) groups excluding carboxylic acids is 2. The van der Waals surface area contributed by atoms with Crippen molar-refractivity contribution in [2.45, 2.75) is 52.1 Å². The lowest BCUT2D eigenvalue weighted by molar-refractivity contribution is -0.141. The van der Waals surface area contributed by atoms with E-state index in [4.69, 9.17) is 4.74 Å². The van der Waals surface area contributed by atoms with E-state index in [0.717, 1.165) is 10.2 Å². The van der Waals surface area contributed by atoms with Gasteiger partial charge in [-0.2, -0.15) is 18.3 Å². The number of carbonyl (C=O) groups is 2. The average molecular weight is 534 g/mol. The van der Waals surface area contributed by atoms with Crippen LogP contribution in [0.25, 0.3) is 5.69 Å². The summed E-state index contributed by atoms with van der Waals surface area (Å²) in [5, 5.41) is 11.7. The van der Waals surface area contributed by atoms with Crippen molar-refractivity contribution >= 4 is 17.7 Å². The van der Waals surface area contributed by atoms with E-state index >= 15 is 4.39 Å². The number of nitrogens with one attached hydrogen (secondary N) is 3. The van der Waals surface area contributed by atoms with Crippen LogP contribution >= 0.6 is 0 Å². The number of hydrogen-bond acceptors (Lipinski definition) is 5. The Labute approximate surface area is 216 Å². The Kier molecular flexibility index (Phi) is 7.45. The van der Waals surface area contributed by atoms with Gasteiger partial charge >= 0.3 is 12.3 Å². The first-order valence-electron chi connectivity index (χ1n) is 11.9. The predicted molar refractivity (Wildman–Crippen MR) is 131 cm³/mol. The molecule has 1 aromatic heterocycles. The summed E-state index contributed by atoms with van der Waals surface area (Å²) in [4.78, 5) is 25.1. The Hall–Kier alpha value is -3.93. The lowest BCUT2D eigenvalue weighted by Gasteiger charge is -2.20. The third-order valence-corrected chi connectivity index (χ3v) is 5.68. The van der Waals surface area contributed by atoms with Crippen LogP contribution in [0.15, 0.2) is 42.5 Å². The fourth-order valence-corrected chi connectivity index (χ4v) is 3.98. The smallest absolute Gasteiger partial charge is 0.435 e. The number of ether oxygens (including phenoxy) is 1. The van der Waals surface area contributed by atoms with E-state index in [1.807, 2.05) is 0 Å². The SMILES string of the molecule is CC(C)(C)OC(=O)NCc1cccc(-n2nc(C(F)(F)F)cc2C(=O)Nc2ccc3c(c2F)CCNC3)c1. The lowest BCUT2D eigenvalue weighted by atomic mass is 9.99. The van der Waals surface area contributed by atoms with E-state index < -0.39 is 41.0 Å². The Morgan fingerprint density at radius 1 is 1.13 bits per heavy atom. The lowest BCUT2D eigenvalue weighted by Crippen LogP contribution is -2.32. The van der Waals surface area contributed by atoms with E-state index in [1.165, 1.54) is 18.2 Å². The van der Waals surface area contributed by atoms with Gasteiger partial charge in [-0.3, -0.25) is 4.79 Å². The molecule has 38 heavy (non-hydrogen) atoms. The Balaban J connectivity index is 1.62. The molecule has 1 aliphatic heterocycles. The van der Waals surface area contributed by atoms with E-state index in [0.29, 0.717) is 36.7 Å². The monoisotopic (exact) mass is 533 g/mol. The maximum absolute atomic E-state index is 15.1. The second-order valence-electron chi connectivity index (χ2n) is 9.80. The van der Waals surface area contributed by atoms with Crippen molar-refractivity contribution in [2.75, 3.05) is 11.9 Å². The number of rotatable bonds is 5. The number of fused-ring (bicyclic) bond motifs is 1. The molecule has 1 aliphatic rings. The minimum atomic E-state index is -4.82. The largest absolute Gasteiger partial charge is 0.444 e. The molecule has 12 heteroatoms. The zero-order valence-electron chi connectivity index (χ0n) is 21.0. The maximum Gasteiger partial charge on any atom is 0.435 e. The number of halogens is 4. The molecule has 2 heterocycles. The number of anilines is 1. The predicted octanol–water partition coefficient (Wildman–Crippen LogP) is 4.95. The average Bonchev–Trinajstić information content (AvgIpc) is 3.30. The topological polar surface area (TPSA) is 97.3 Å². The molecule has 0 spiro atoms. The van der Waals surface area contributed by atoms with Gasteiger partial charge in [0.25, 0.3) is 5.91 Å². The van der Waals surface area contributed by atoms with Gasteiger partial charge in [-0.25, -0.2) is 13.9 Å². The number of benzene rings is 2. The van der Waals surface area contributed by atoms with Crippen LogP contribution in [0.5, 0.6) is 0 Å². The van der Waals surface area contributed by atoms with Crippen molar-refractivity contribution in [3.8, 4) is 5.69 Å². The van der Waals surface area contributed by atoms with Crippen LogP contribution in [-0.2, 0) is 30.4 Å². The second-order valence-corrected chi connectivity index (χ2v) is 9.80. The van der Waals surface area contributed by atoms with Crippen LogP contribution in [-0.4, -0.2) is 33.9 Å². The van der Waals surface area contributed by atoms with Gasteiger partial charge in [0, 0.05) is 19.2 Å². The minimum Gasteiger partial charge on any atom is -0.444 e. The van der Waals surface area contributed by atoms with Gasteiger partial charge in [0.05, 0.1) is 11.4 Å². The van der Waals surface area contributed by atoms with Crippen LogP contribution in [0.4, 0.5) is 28.0 Å². The quantitative estimate of drug-likeness (QED) is 0.403. The molecule has 202 valence electrons. The summed E-state index contributed by atoms with van der Waals surface area (Å²) in [6.07, 6.45) is -5.06. The number of nitrogens with zero attached hydrogens (tertiary/aromatic N) is 2. The van der Waals surface area contributed by atoms with Crippen molar-refractivity contribution in [1.29, 1.82) is 0 Å². The molecule has 3 N–H and O–H groups in total. The summed E-state index contributed by atoms with van der Waals surface area (Å²) in [6, 6.07) is 9.80. The van der Waals surface area contributed by atoms with E-state index in [9.17, 15) is 22.8 Å². The molecule has 0 fully saturated rings. The maximum atomic E-state index is 15.1. The summed E-state index contributed by atoms with van der Waals surface area (Å²) in [5.41, 5.74) is -0.669. The highest BCUT2D eigenvalue weighted by molar-refractivity contribution is 6.03. The van der Waals surface area contributed by atoms with Gasteiger partial charge < -0.3 is 20.7 Å². The van der Waals surface area contributed by atoms with Gasteiger partial charge in [-0.05, 0) is 68.6 Å². The fraction of sp³-hybridized carbons (Fsp3) is 0.346. The molecule has 0 bridgehead atoms. The van der Waals surface area contributed by atoms with E-state index in [1.54, 1.807) is 39.0 Å². The molecule has 8 nitrogen and oxygen atoms in total. The van der Waals surface area contributed by atoms with Crippen LogP contribution < -0.4 is 16.0 Å². The fourth-order valence-electron chi connectivity index (χ4n) is 3.98. The van der Waals surface area contributed by atoms with E-state index in [-0.39, 0.29) is 17.9 Å². The first kappa shape index (κ1) is 27.1. The number of amides is 2. The molecule has 0 radical (unpaired) electrons. The molecular weight excluding hydrogens is 506 g/mol. The summed E-state index contributed by atoms with van der Waals surface area (Å²) < 4.78 is 61.7. The number of hydrogen-bond donors (Lipinski definition) is 3. The Morgan fingerprint density at radius 2 is 1.89 bits per heavy atom. The van der Waals surface area contributed by atoms with E-state index in [2.05, 4.69) is 21.0 Å². The van der Waals surface area contributed by atoms with Gasteiger partial charge in [0.1, 0.15) is 17.1 Å². The highest BCUT2D eigenvalue weighted by atomic mass is 19.4. The zero-order valence-corrected chi connectivity index (χ0v) is 21.0. The molecule has 0 aliphatic carbocycles. The summed E-state index contributed by atoms with van der Waals surface area (Å²) in [6.45, 7) is 6.21.